The molecular weight excluding hydrogens is 394 g/mol. The molecule has 0 unspecified atom stereocenters. The average molecular weight is 418 g/mol. The molecule has 3 nitrogen and oxygen atoms in total. The van der Waals surface area contributed by atoms with Crippen LogP contribution >= 0.6 is 0 Å². The second-order valence-corrected chi connectivity index (χ2v) is 7.71. The molecule has 0 aliphatic carbocycles. The lowest BCUT2D eigenvalue weighted by Crippen LogP contribution is -2.14. The third kappa shape index (κ3) is 3.93. The molecule has 0 aliphatic heterocycles. The Morgan fingerprint density at radius 3 is 2.16 bits per heavy atom. The van der Waals surface area contributed by atoms with Gasteiger partial charge in [-0.05, 0) is 39.9 Å². The topological polar surface area (TPSA) is 29.5 Å². The van der Waals surface area contributed by atoms with Gasteiger partial charge in [0.05, 0.1) is 18.0 Å². The van der Waals surface area contributed by atoms with E-state index in [1.54, 1.807) is 4.90 Å². The Hall–Kier alpha value is -4.11. The minimum Gasteiger partial charge on any atom is -0.493 e. The van der Waals surface area contributed by atoms with E-state index in [0.29, 0.717) is 6.61 Å². The van der Waals surface area contributed by atoms with Crippen LogP contribution in [0.1, 0.15) is 5.56 Å². The minimum absolute atomic E-state index is 0.562. The van der Waals surface area contributed by atoms with Crippen LogP contribution in [0.15, 0.2) is 109 Å². The molecule has 0 saturated heterocycles. The summed E-state index contributed by atoms with van der Waals surface area (Å²) in [7, 11) is 0. The van der Waals surface area contributed by atoms with Gasteiger partial charge in [-0.25, -0.2) is 0 Å². The van der Waals surface area contributed by atoms with E-state index in [1.807, 2.05) is 54.6 Å². The summed E-state index contributed by atoms with van der Waals surface area (Å²) in [6.07, 6.45) is 1.67. The molecule has 0 aromatic heterocycles. The quantitative estimate of drug-likeness (QED) is 0.269. The van der Waals surface area contributed by atoms with Crippen LogP contribution in [0.25, 0.3) is 21.5 Å². The summed E-state index contributed by atoms with van der Waals surface area (Å²) < 4.78 is 6.07. The lowest BCUT2D eigenvalue weighted by Gasteiger charge is -2.20. The predicted molar refractivity (Wildman–Crippen MR) is 132 cm³/mol. The van der Waals surface area contributed by atoms with Crippen LogP contribution in [-0.2, 0) is 11.2 Å². The Bertz CT molecular complexity index is 1380. The van der Waals surface area contributed by atoms with Gasteiger partial charge in [-0.2, -0.15) is 0 Å². The fourth-order valence-corrected chi connectivity index (χ4v) is 4.19. The molecule has 156 valence electrons. The summed E-state index contributed by atoms with van der Waals surface area (Å²) in [4.78, 5) is 13.7. The Morgan fingerprint density at radius 2 is 1.34 bits per heavy atom. The van der Waals surface area contributed by atoms with Crippen LogP contribution in [-0.4, -0.2) is 13.0 Å². The zero-order chi connectivity index (χ0) is 21.8. The molecule has 5 rings (SSSR count). The largest absolute Gasteiger partial charge is 0.493 e. The van der Waals surface area contributed by atoms with Crippen molar-refractivity contribution in [3.63, 3.8) is 0 Å². The normalized spacial score (nSPS) is 10.9. The van der Waals surface area contributed by atoms with Gasteiger partial charge in [0.1, 0.15) is 5.75 Å². The van der Waals surface area contributed by atoms with E-state index < -0.39 is 0 Å². The number of hydrogen-bond acceptors (Lipinski definition) is 2. The van der Waals surface area contributed by atoms with Crippen LogP contribution in [0.2, 0.25) is 0 Å². The number of carbonyl (C=O) groups excluding carboxylic acids is 1. The third-order valence-corrected chi connectivity index (χ3v) is 5.75. The molecule has 5 aromatic carbocycles. The molecule has 0 aliphatic rings. The number of amides is 1. The Kier molecular flexibility index (Phi) is 5.54. The smallest absolute Gasteiger partial charge is 0.218 e. The van der Waals surface area contributed by atoms with E-state index >= 15 is 0 Å². The van der Waals surface area contributed by atoms with Gasteiger partial charge in [-0.3, -0.25) is 9.69 Å². The van der Waals surface area contributed by atoms with E-state index in [4.69, 9.17) is 4.74 Å². The van der Waals surface area contributed by atoms with Gasteiger partial charge in [0.2, 0.25) is 6.41 Å². The summed E-state index contributed by atoms with van der Waals surface area (Å²) in [5.74, 6) is 0.745. The number of nitrogens with zero attached hydrogens (tertiary/aromatic N) is 1. The number of rotatable bonds is 7. The number of hydrogen-bond donors (Lipinski definition) is 0. The van der Waals surface area contributed by atoms with E-state index in [1.165, 1.54) is 16.3 Å². The van der Waals surface area contributed by atoms with Gasteiger partial charge in [0.15, 0.2) is 0 Å². The molecule has 3 heteroatoms. The van der Waals surface area contributed by atoms with E-state index in [-0.39, 0.29) is 0 Å². The van der Waals surface area contributed by atoms with Crippen molar-refractivity contribution in [2.45, 2.75) is 6.42 Å². The molecule has 32 heavy (non-hydrogen) atoms. The molecule has 5 aromatic rings. The fraction of sp³-hybridized carbons (Fsp3) is 0.0690. The first kappa shape index (κ1) is 19.8. The second-order valence-electron chi connectivity index (χ2n) is 7.71. The van der Waals surface area contributed by atoms with Gasteiger partial charge in [0, 0.05) is 17.9 Å². The first-order valence-corrected chi connectivity index (χ1v) is 10.8. The van der Waals surface area contributed by atoms with Gasteiger partial charge >= 0.3 is 0 Å². The maximum Gasteiger partial charge on any atom is 0.218 e. The summed E-state index contributed by atoms with van der Waals surface area (Å²) in [6.45, 7) is 0.562. The van der Waals surface area contributed by atoms with Crippen molar-refractivity contribution in [1.82, 2.24) is 0 Å². The predicted octanol–water partition coefficient (Wildman–Crippen LogP) is 6.91. The van der Waals surface area contributed by atoms with Crippen LogP contribution < -0.4 is 9.64 Å². The maximum absolute atomic E-state index is 12.1. The SMILES string of the molecule is O=CN(c1cccc(OCCc2cccc3ccccc23)c1)c1cccc2ccccc12. The molecule has 0 radical (unpaired) electrons. The lowest BCUT2D eigenvalue weighted by atomic mass is 10.0. The van der Waals surface area contributed by atoms with Crippen LogP contribution in [0, 0.1) is 0 Å². The molecule has 0 spiro atoms. The number of fused-ring (bicyclic) bond motifs is 2. The van der Waals surface area contributed by atoms with Crippen molar-refractivity contribution in [3.8, 4) is 5.75 Å². The van der Waals surface area contributed by atoms with Gasteiger partial charge in [-0.1, -0.05) is 84.9 Å². The van der Waals surface area contributed by atoms with Gasteiger partial charge in [0.25, 0.3) is 0 Å². The molecule has 0 saturated carbocycles. The highest BCUT2D eigenvalue weighted by atomic mass is 16.5. The Balaban J connectivity index is 1.36. The minimum atomic E-state index is 0.562. The number of anilines is 2. The van der Waals surface area contributed by atoms with Crippen molar-refractivity contribution >= 4 is 39.3 Å². The van der Waals surface area contributed by atoms with E-state index in [9.17, 15) is 4.79 Å². The maximum atomic E-state index is 12.1. The summed E-state index contributed by atoms with van der Waals surface area (Å²) >= 11 is 0. The number of carbonyl (C=O) groups is 1. The summed E-state index contributed by atoms with van der Waals surface area (Å²) in [5.41, 5.74) is 2.90. The molecule has 0 N–H and O–H groups in total. The zero-order valence-electron chi connectivity index (χ0n) is 17.6. The van der Waals surface area contributed by atoms with Crippen molar-refractivity contribution in [1.29, 1.82) is 0 Å². The fourth-order valence-electron chi connectivity index (χ4n) is 4.19. The van der Waals surface area contributed by atoms with Crippen LogP contribution in [0.5, 0.6) is 5.75 Å². The number of benzene rings is 5. The molecule has 0 bridgehead atoms. The highest BCUT2D eigenvalue weighted by Crippen LogP contribution is 2.32. The van der Waals surface area contributed by atoms with Crippen LogP contribution in [0.4, 0.5) is 11.4 Å². The molecule has 0 fully saturated rings. The van der Waals surface area contributed by atoms with Gasteiger partial charge < -0.3 is 4.74 Å². The average Bonchev–Trinajstić information content (AvgIpc) is 2.85. The first-order valence-electron chi connectivity index (χ1n) is 10.8. The van der Waals surface area contributed by atoms with Crippen molar-refractivity contribution in [2.24, 2.45) is 0 Å². The molecule has 0 atom stereocenters. The molecule has 1 amide bonds. The third-order valence-electron chi connectivity index (χ3n) is 5.75. The monoisotopic (exact) mass is 417 g/mol. The van der Waals surface area contributed by atoms with Crippen molar-refractivity contribution in [2.75, 3.05) is 11.5 Å². The molecular formula is C29H23NO2. The van der Waals surface area contributed by atoms with E-state index in [0.717, 1.165) is 40.7 Å². The van der Waals surface area contributed by atoms with Crippen molar-refractivity contribution in [3.05, 3.63) is 115 Å². The first-order chi connectivity index (χ1) is 15.8. The highest BCUT2D eigenvalue weighted by Gasteiger charge is 2.12. The van der Waals surface area contributed by atoms with E-state index in [2.05, 4.69) is 54.6 Å². The van der Waals surface area contributed by atoms with Crippen LogP contribution in [0.3, 0.4) is 0 Å². The zero-order valence-corrected chi connectivity index (χ0v) is 17.6. The number of ether oxygens (including phenoxy) is 1. The standard InChI is InChI=1S/C29H23NO2/c31-21-30(29-17-6-12-23-9-2-4-16-28(23)29)25-13-7-14-26(20-25)32-19-18-24-11-5-10-22-8-1-3-15-27(22)24/h1-17,20-21H,18-19H2. The van der Waals surface area contributed by atoms with Gasteiger partial charge in [-0.15, -0.1) is 0 Å². The second kappa shape index (κ2) is 8.94. The highest BCUT2D eigenvalue weighted by molar-refractivity contribution is 6.02. The Morgan fingerprint density at radius 1 is 0.688 bits per heavy atom. The summed E-state index contributed by atoms with van der Waals surface area (Å²) in [5, 5.41) is 4.63. The molecule has 0 heterocycles. The summed E-state index contributed by atoms with van der Waals surface area (Å²) in [6, 6.07) is 36.5. The van der Waals surface area contributed by atoms with Crippen molar-refractivity contribution < 1.29 is 9.53 Å². The lowest BCUT2D eigenvalue weighted by molar-refractivity contribution is -0.106. The Labute approximate surface area is 187 Å².